The summed E-state index contributed by atoms with van der Waals surface area (Å²) in [7, 11) is 0. The third-order valence-corrected chi connectivity index (χ3v) is 3.05. The Bertz CT molecular complexity index is 266. The van der Waals surface area contributed by atoms with Crippen LogP contribution in [-0.2, 0) is 0 Å². The fourth-order valence-electron chi connectivity index (χ4n) is 1.21. The normalized spacial score (nSPS) is 15.6. The van der Waals surface area contributed by atoms with E-state index in [1.54, 1.807) is 0 Å². The summed E-state index contributed by atoms with van der Waals surface area (Å²) >= 11 is 0. The van der Waals surface area contributed by atoms with Crippen LogP contribution in [-0.4, -0.2) is 0 Å². The fraction of sp³-hybridized carbons (Fsp3) is 0.467. The lowest BCUT2D eigenvalue weighted by Gasteiger charge is -2.27. The number of hydrogen-bond acceptors (Lipinski definition) is 0. The Morgan fingerprint density at radius 2 is 1.13 bits per heavy atom. The van der Waals surface area contributed by atoms with Crippen LogP contribution in [0.3, 0.4) is 0 Å². The molecule has 0 aliphatic carbocycles. The second-order valence-corrected chi connectivity index (χ2v) is 4.38. The molecule has 0 saturated carbocycles. The molecule has 0 rings (SSSR count). The van der Waals surface area contributed by atoms with Crippen molar-refractivity contribution in [1.82, 2.24) is 0 Å². The maximum Gasteiger partial charge on any atom is 0.00647 e. The summed E-state index contributed by atoms with van der Waals surface area (Å²) in [5.41, 5.74) is 2.91. The maximum atomic E-state index is 2.26. The lowest BCUT2D eigenvalue weighted by Crippen LogP contribution is -2.14. The SMILES string of the molecule is CC=CC=C(C)C(C)(C)C(C)=CC=CC. The Morgan fingerprint density at radius 3 is 1.40 bits per heavy atom. The van der Waals surface area contributed by atoms with Crippen molar-refractivity contribution < 1.29 is 0 Å². The van der Waals surface area contributed by atoms with E-state index >= 15 is 0 Å². The highest BCUT2D eigenvalue weighted by Gasteiger charge is 2.20. The summed E-state index contributed by atoms with van der Waals surface area (Å²) in [6.45, 7) is 13.0. The molecular weight excluding hydrogens is 180 g/mol. The van der Waals surface area contributed by atoms with Gasteiger partial charge in [-0.2, -0.15) is 0 Å². The molecular formula is C15H24. The van der Waals surface area contributed by atoms with E-state index in [2.05, 4.69) is 64.2 Å². The molecule has 0 spiro atoms. The van der Waals surface area contributed by atoms with E-state index in [0.29, 0.717) is 0 Å². The summed E-state index contributed by atoms with van der Waals surface area (Å²) in [4.78, 5) is 0. The average Bonchev–Trinajstić information content (AvgIpc) is 2.21. The van der Waals surface area contributed by atoms with Gasteiger partial charge in [0, 0.05) is 5.41 Å². The standard InChI is InChI=1S/C15H24/c1-7-9-11-13(3)15(5,6)14(4)12-10-8-2/h7-12H,1-6H3. The van der Waals surface area contributed by atoms with Gasteiger partial charge in [-0.3, -0.25) is 0 Å². The fourth-order valence-corrected chi connectivity index (χ4v) is 1.21. The van der Waals surface area contributed by atoms with Crippen molar-refractivity contribution in [2.75, 3.05) is 0 Å². The first-order valence-electron chi connectivity index (χ1n) is 5.57. The molecule has 0 aromatic carbocycles. The van der Waals surface area contributed by atoms with Crippen LogP contribution >= 0.6 is 0 Å². The molecule has 84 valence electrons. The minimum atomic E-state index is 0.138. The van der Waals surface area contributed by atoms with E-state index in [1.165, 1.54) is 11.1 Å². The molecule has 0 fully saturated rings. The van der Waals surface area contributed by atoms with E-state index < -0.39 is 0 Å². The Morgan fingerprint density at radius 1 is 0.800 bits per heavy atom. The Hall–Kier alpha value is -1.04. The van der Waals surface area contributed by atoms with Crippen LogP contribution in [0.1, 0.15) is 41.5 Å². The van der Waals surface area contributed by atoms with Gasteiger partial charge in [-0.25, -0.2) is 0 Å². The molecule has 0 radical (unpaired) electrons. The van der Waals surface area contributed by atoms with Crippen LogP contribution in [0.2, 0.25) is 0 Å². The molecule has 0 aromatic heterocycles. The smallest absolute Gasteiger partial charge is 0.00647 e. The molecule has 0 N–H and O–H groups in total. The van der Waals surface area contributed by atoms with E-state index in [4.69, 9.17) is 0 Å². The zero-order chi connectivity index (χ0) is 11.9. The van der Waals surface area contributed by atoms with Gasteiger partial charge in [0.15, 0.2) is 0 Å². The lowest BCUT2D eigenvalue weighted by molar-refractivity contribution is 0.538. The van der Waals surface area contributed by atoms with Crippen molar-refractivity contribution in [1.29, 1.82) is 0 Å². The predicted octanol–water partition coefficient (Wildman–Crippen LogP) is 5.06. The summed E-state index contributed by atoms with van der Waals surface area (Å²) in [6.07, 6.45) is 12.7. The van der Waals surface area contributed by atoms with E-state index in [1.807, 2.05) is 13.8 Å². The summed E-state index contributed by atoms with van der Waals surface area (Å²) < 4.78 is 0. The van der Waals surface area contributed by atoms with Gasteiger partial charge < -0.3 is 0 Å². The zero-order valence-corrected chi connectivity index (χ0v) is 11.0. The number of allylic oxidation sites excluding steroid dienone is 8. The van der Waals surface area contributed by atoms with E-state index in [0.717, 1.165) is 0 Å². The third kappa shape index (κ3) is 4.33. The molecule has 0 unspecified atom stereocenters. The van der Waals surface area contributed by atoms with Gasteiger partial charge >= 0.3 is 0 Å². The number of hydrogen-bond donors (Lipinski definition) is 0. The van der Waals surface area contributed by atoms with Crippen LogP contribution in [0.15, 0.2) is 47.6 Å². The molecule has 15 heavy (non-hydrogen) atoms. The Labute approximate surface area is 95.1 Å². The number of rotatable bonds is 4. The van der Waals surface area contributed by atoms with E-state index in [-0.39, 0.29) is 5.41 Å². The first kappa shape index (κ1) is 14.0. The van der Waals surface area contributed by atoms with Crippen LogP contribution in [0.25, 0.3) is 0 Å². The van der Waals surface area contributed by atoms with Crippen LogP contribution in [0.4, 0.5) is 0 Å². The van der Waals surface area contributed by atoms with E-state index in [9.17, 15) is 0 Å². The quantitative estimate of drug-likeness (QED) is 0.562. The van der Waals surface area contributed by atoms with Gasteiger partial charge in [0.25, 0.3) is 0 Å². The minimum Gasteiger partial charge on any atom is -0.0877 e. The van der Waals surface area contributed by atoms with Crippen LogP contribution in [0, 0.1) is 5.41 Å². The summed E-state index contributed by atoms with van der Waals surface area (Å²) in [6, 6.07) is 0. The van der Waals surface area contributed by atoms with Gasteiger partial charge in [0.2, 0.25) is 0 Å². The van der Waals surface area contributed by atoms with Crippen molar-refractivity contribution >= 4 is 0 Å². The topological polar surface area (TPSA) is 0 Å². The zero-order valence-electron chi connectivity index (χ0n) is 11.0. The van der Waals surface area contributed by atoms with Crippen LogP contribution < -0.4 is 0 Å². The molecule has 0 amide bonds. The molecule has 0 aliphatic rings. The lowest BCUT2D eigenvalue weighted by atomic mass is 9.78. The molecule has 0 bridgehead atoms. The highest BCUT2D eigenvalue weighted by Crippen LogP contribution is 2.34. The second kappa shape index (κ2) is 6.44. The Kier molecular flexibility index (Phi) is 6.00. The second-order valence-electron chi connectivity index (χ2n) is 4.38. The van der Waals surface area contributed by atoms with Crippen LogP contribution in [0.5, 0.6) is 0 Å². The van der Waals surface area contributed by atoms with Gasteiger partial charge in [0.05, 0.1) is 0 Å². The predicted molar refractivity (Wildman–Crippen MR) is 70.9 cm³/mol. The minimum absolute atomic E-state index is 0.138. The van der Waals surface area contributed by atoms with Crippen molar-refractivity contribution in [2.24, 2.45) is 5.41 Å². The molecule has 0 nitrogen and oxygen atoms in total. The Balaban J connectivity index is 4.95. The molecule has 0 aromatic rings. The van der Waals surface area contributed by atoms with Crippen molar-refractivity contribution in [3.8, 4) is 0 Å². The first-order valence-corrected chi connectivity index (χ1v) is 5.57. The van der Waals surface area contributed by atoms with Gasteiger partial charge in [-0.1, -0.05) is 61.4 Å². The molecule has 0 atom stereocenters. The van der Waals surface area contributed by atoms with Crippen molar-refractivity contribution in [3.05, 3.63) is 47.6 Å². The highest BCUT2D eigenvalue weighted by molar-refractivity contribution is 5.29. The third-order valence-electron chi connectivity index (χ3n) is 3.05. The average molecular weight is 204 g/mol. The summed E-state index contributed by atoms with van der Waals surface area (Å²) in [5.74, 6) is 0. The van der Waals surface area contributed by atoms with Gasteiger partial charge in [-0.15, -0.1) is 0 Å². The van der Waals surface area contributed by atoms with Gasteiger partial charge in [-0.05, 0) is 27.7 Å². The monoisotopic (exact) mass is 204 g/mol. The molecule has 0 heteroatoms. The van der Waals surface area contributed by atoms with Crippen molar-refractivity contribution in [3.63, 3.8) is 0 Å². The largest absolute Gasteiger partial charge is 0.0877 e. The van der Waals surface area contributed by atoms with Crippen molar-refractivity contribution in [2.45, 2.75) is 41.5 Å². The molecule has 0 saturated heterocycles. The summed E-state index contributed by atoms with van der Waals surface area (Å²) in [5, 5.41) is 0. The first-order chi connectivity index (χ1) is 6.96. The highest BCUT2D eigenvalue weighted by atomic mass is 14.2. The molecule has 0 heterocycles. The van der Waals surface area contributed by atoms with Gasteiger partial charge in [0.1, 0.15) is 0 Å². The maximum absolute atomic E-state index is 2.26. The molecule has 0 aliphatic heterocycles.